The van der Waals surface area contributed by atoms with Gasteiger partial charge in [0.15, 0.2) is 5.82 Å². The summed E-state index contributed by atoms with van der Waals surface area (Å²) < 4.78 is 18.0. The largest absolute Gasteiger partial charge is 0.340 e. The SMILES string of the molecule is Cc1nc(CN2C[C@@H](F)C[C@H]2CN)no1.Cl.Cl. The van der Waals surface area contributed by atoms with Crippen LogP contribution in [0, 0.1) is 6.92 Å². The molecule has 5 nitrogen and oxygen atoms in total. The molecule has 2 N–H and O–H groups in total. The Morgan fingerprint density at radius 1 is 1.53 bits per heavy atom. The van der Waals surface area contributed by atoms with E-state index in [1.807, 2.05) is 4.90 Å². The van der Waals surface area contributed by atoms with Gasteiger partial charge in [0, 0.05) is 26.1 Å². The molecule has 1 aromatic rings. The van der Waals surface area contributed by atoms with Crippen LogP contribution < -0.4 is 5.73 Å². The van der Waals surface area contributed by atoms with Crippen LogP contribution in [0.5, 0.6) is 0 Å². The summed E-state index contributed by atoms with van der Waals surface area (Å²) in [5.74, 6) is 1.13. The number of likely N-dealkylation sites (tertiary alicyclic amines) is 1. The Morgan fingerprint density at radius 3 is 2.76 bits per heavy atom. The number of nitrogens with two attached hydrogens (primary N) is 1. The third-order valence-corrected chi connectivity index (χ3v) is 2.66. The van der Waals surface area contributed by atoms with Crippen molar-refractivity contribution in [2.24, 2.45) is 5.73 Å². The Balaban J connectivity index is 0.00000128. The van der Waals surface area contributed by atoms with E-state index >= 15 is 0 Å². The van der Waals surface area contributed by atoms with Gasteiger partial charge in [-0.1, -0.05) is 5.16 Å². The number of rotatable bonds is 3. The molecule has 2 heterocycles. The average Bonchev–Trinajstić information content (AvgIpc) is 2.73. The molecular weight excluding hydrogens is 270 g/mol. The summed E-state index contributed by atoms with van der Waals surface area (Å²) in [5, 5.41) is 3.78. The minimum atomic E-state index is -0.786. The quantitative estimate of drug-likeness (QED) is 0.901. The summed E-state index contributed by atoms with van der Waals surface area (Å²) in [6, 6.07) is 0.0961. The van der Waals surface area contributed by atoms with Gasteiger partial charge >= 0.3 is 0 Å². The number of hydrogen-bond donors (Lipinski definition) is 1. The molecule has 0 aromatic carbocycles. The van der Waals surface area contributed by atoms with Gasteiger partial charge in [0.05, 0.1) is 6.54 Å². The number of hydrogen-bond acceptors (Lipinski definition) is 5. The van der Waals surface area contributed by atoms with E-state index < -0.39 is 6.17 Å². The van der Waals surface area contributed by atoms with Gasteiger partial charge in [-0.25, -0.2) is 4.39 Å². The number of nitrogens with zero attached hydrogens (tertiary/aromatic N) is 3. The van der Waals surface area contributed by atoms with Crippen molar-refractivity contribution in [3.8, 4) is 0 Å². The van der Waals surface area contributed by atoms with Crippen LogP contribution in [0.4, 0.5) is 4.39 Å². The Hall–Kier alpha value is -0.430. The molecule has 1 aliphatic rings. The topological polar surface area (TPSA) is 68.2 Å². The second-order valence-corrected chi connectivity index (χ2v) is 3.88. The van der Waals surface area contributed by atoms with Gasteiger partial charge in [0.2, 0.25) is 5.89 Å². The van der Waals surface area contributed by atoms with E-state index in [1.54, 1.807) is 6.92 Å². The van der Waals surface area contributed by atoms with Crippen molar-refractivity contribution in [2.45, 2.75) is 32.1 Å². The predicted molar refractivity (Wildman–Crippen MR) is 66.3 cm³/mol. The zero-order chi connectivity index (χ0) is 10.8. The van der Waals surface area contributed by atoms with Crippen LogP contribution in [0.2, 0.25) is 0 Å². The van der Waals surface area contributed by atoms with Crippen molar-refractivity contribution >= 4 is 24.8 Å². The standard InChI is InChI=1S/C9H15FN4O.2ClH/c1-6-12-9(13-15-6)5-14-4-7(10)2-8(14)3-11;;/h7-8H,2-5,11H2,1H3;2*1H/t7-,8-;;/m0../s1. The number of aromatic nitrogens is 2. The second kappa shape index (κ2) is 7.10. The van der Waals surface area contributed by atoms with Crippen molar-refractivity contribution in [2.75, 3.05) is 13.1 Å². The first kappa shape index (κ1) is 16.6. The predicted octanol–water partition coefficient (Wildman–Crippen LogP) is 1.09. The fourth-order valence-corrected chi connectivity index (χ4v) is 1.95. The highest BCUT2D eigenvalue weighted by molar-refractivity contribution is 5.85. The van der Waals surface area contributed by atoms with E-state index in [-0.39, 0.29) is 30.9 Å². The summed E-state index contributed by atoms with van der Waals surface area (Å²) in [4.78, 5) is 6.05. The molecule has 1 saturated heterocycles. The fraction of sp³-hybridized carbons (Fsp3) is 0.778. The van der Waals surface area contributed by atoms with Crippen LogP contribution in [0.3, 0.4) is 0 Å². The molecule has 1 aliphatic heterocycles. The van der Waals surface area contributed by atoms with Gasteiger partial charge in [-0.3, -0.25) is 4.90 Å². The smallest absolute Gasteiger partial charge is 0.223 e. The van der Waals surface area contributed by atoms with Crippen molar-refractivity contribution < 1.29 is 8.91 Å². The molecule has 0 saturated carbocycles. The third-order valence-electron chi connectivity index (χ3n) is 2.66. The van der Waals surface area contributed by atoms with Gasteiger partial charge in [-0.05, 0) is 6.42 Å². The summed E-state index contributed by atoms with van der Waals surface area (Å²) in [6.07, 6.45) is -0.278. The van der Waals surface area contributed by atoms with Crippen molar-refractivity contribution in [1.82, 2.24) is 15.0 Å². The zero-order valence-corrected chi connectivity index (χ0v) is 11.1. The third kappa shape index (κ3) is 4.06. The molecule has 0 radical (unpaired) electrons. The lowest BCUT2D eigenvalue weighted by atomic mass is 10.2. The fourth-order valence-electron chi connectivity index (χ4n) is 1.95. The van der Waals surface area contributed by atoms with E-state index in [0.717, 1.165) is 0 Å². The van der Waals surface area contributed by atoms with Gasteiger partial charge < -0.3 is 10.3 Å². The first-order valence-corrected chi connectivity index (χ1v) is 5.06. The number of aryl methyl sites for hydroxylation is 1. The highest BCUT2D eigenvalue weighted by Crippen LogP contribution is 2.21. The highest BCUT2D eigenvalue weighted by atomic mass is 35.5. The number of alkyl halides is 1. The number of halogens is 3. The molecule has 1 fully saturated rings. The summed E-state index contributed by atoms with van der Waals surface area (Å²) in [5.41, 5.74) is 5.57. The first-order valence-electron chi connectivity index (χ1n) is 5.06. The van der Waals surface area contributed by atoms with Gasteiger partial charge in [0.1, 0.15) is 6.17 Å². The highest BCUT2D eigenvalue weighted by Gasteiger charge is 2.31. The van der Waals surface area contributed by atoms with Crippen LogP contribution in [0.25, 0.3) is 0 Å². The maximum atomic E-state index is 13.2. The molecule has 0 unspecified atom stereocenters. The zero-order valence-electron chi connectivity index (χ0n) is 9.50. The van der Waals surface area contributed by atoms with Crippen molar-refractivity contribution in [1.29, 1.82) is 0 Å². The lowest BCUT2D eigenvalue weighted by molar-refractivity contribution is 0.229. The van der Waals surface area contributed by atoms with Crippen molar-refractivity contribution in [3.05, 3.63) is 11.7 Å². The van der Waals surface area contributed by atoms with Crippen LogP contribution in [-0.2, 0) is 6.54 Å². The molecule has 100 valence electrons. The van der Waals surface area contributed by atoms with E-state index in [4.69, 9.17) is 10.3 Å². The Labute approximate surface area is 112 Å². The van der Waals surface area contributed by atoms with E-state index in [9.17, 15) is 4.39 Å². The Morgan fingerprint density at radius 2 is 2.24 bits per heavy atom. The van der Waals surface area contributed by atoms with Crippen LogP contribution in [0.15, 0.2) is 4.52 Å². The first-order chi connectivity index (χ1) is 7.19. The normalized spacial score (nSPS) is 24.2. The molecule has 1 aromatic heterocycles. The van der Waals surface area contributed by atoms with Crippen molar-refractivity contribution in [3.63, 3.8) is 0 Å². The molecule has 2 atom stereocenters. The van der Waals surface area contributed by atoms with Crippen LogP contribution in [0.1, 0.15) is 18.1 Å². The van der Waals surface area contributed by atoms with Gasteiger partial charge in [-0.15, -0.1) is 24.8 Å². The van der Waals surface area contributed by atoms with Gasteiger partial charge in [0.25, 0.3) is 0 Å². The minimum Gasteiger partial charge on any atom is -0.340 e. The molecule has 0 aliphatic carbocycles. The molecule has 8 heteroatoms. The molecule has 0 bridgehead atoms. The Kier molecular flexibility index (Phi) is 6.92. The summed E-state index contributed by atoms with van der Waals surface area (Å²) in [6.45, 7) is 3.13. The molecule has 0 spiro atoms. The second-order valence-electron chi connectivity index (χ2n) is 3.88. The molecule has 17 heavy (non-hydrogen) atoms. The lowest BCUT2D eigenvalue weighted by Gasteiger charge is -2.20. The molecule has 0 amide bonds. The lowest BCUT2D eigenvalue weighted by Crippen LogP contribution is -2.35. The van der Waals surface area contributed by atoms with Crippen LogP contribution >= 0.6 is 24.8 Å². The maximum absolute atomic E-state index is 13.2. The monoisotopic (exact) mass is 286 g/mol. The minimum absolute atomic E-state index is 0. The summed E-state index contributed by atoms with van der Waals surface area (Å²) >= 11 is 0. The maximum Gasteiger partial charge on any atom is 0.223 e. The molecule has 2 rings (SSSR count). The average molecular weight is 287 g/mol. The van der Waals surface area contributed by atoms with Gasteiger partial charge in [-0.2, -0.15) is 4.98 Å². The summed E-state index contributed by atoms with van der Waals surface area (Å²) in [7, 11) is 0. The van der Waals surface area contributed by atoms with E-state index in [2.05, 4.69) is 10.1 Å². The Bertz CT molecular complexity index is 339. The van der Waals surface area contributed by atoms with E-state index in [0.29, 0.717) is 37.8 Å². The van der Waals surface area contributed by atoms with Crippen LogP contribution in [-0.4, -0.2) is 40.3 Å². The molecular formula is C9H17Cl2FN4O. The van der Waals surface area contributed by atoms with E-state index in [1.165, 1.54) is 0 Å².